The molecule has 1 aromatic carbocycles. The Hall–Kier alpha value is -1.75. The van der Waals surface area contributed by atoms with Gasteiger partial charge in [0.1, 0.15) is 0 Å². The van der Waals surface area contributed by atoms with Crippen molar-refractivity contribution < 1.29 is 4.79 Å². The van der Waals surface area contributed by atoms with E-state index in [1.165, 1.54) is 21.0 Å². The summed E-state index contributed by atoms with van der Waals surface area (Å²) >= 11 is 1.92. The highest BCUT2D eigenvalue weighted by Gasteiger charge is 2.34. The smallest absolute Gasteiger partial charge is 0.277 e. The van der Waals surface area contributed by atoms with Crippen molar-refractivity contribution in [1.82, 2.24) is 9.91 Å². The second kappa shape index (κ2) is 5.41. The average Bonchev–Trinajstić information content (AvgIpc) is 2.95. The summed E-state index contributed by atoms with van der Waals surface area (Å²) in [6.07, 6.45) is 1.67. The van der Waals surface area contributed by atoms with Crippen LogP contribution in [0.2, 0.25) is 0 Å². The van der Waals surface area contributed by atoms with Gasteiger partial charge in [-0.15, -0.1) is 11.8 Å². The second-order valence-electron chi connectivity index (χ2n) is 7.01. The summed E-state index contributed by atoms with van der Waals surface area (Å²) in [5, 5.41) is 5.52. The van der Waals surface area contributed by atoms with Crippen molar-refractivity contribution >= 4 is 29.6 Å². The van der Waals surface area contributed by atoms with Crippen LogP contribution in [-0.2, 0) is 10.2 Å². The summed E-state index contributed by atoms with van der Waals surface area (Å²) < 4.78 is 0. The molecule has 4 nitrogen and oxygen atoms in total. The van der Waals surface area contributed by atoms with E-state index in [4.69, 9.17) is 0 Å². The number of amides is 1. The number of hydrazone groups is 1. The number of likely N-dealkylation sites (N-methyl/N-ethyl adjacent to an activating group) is 1. The molecule has 1 aromatic rings. The molecule has 0 bridgehead atoms. The normalized spacial score (nSPS) is 21.0. The molecule has 0 saturated heterocycles. The zero-order valence-electron chi connectivity index (χ0n) is 14.6. The third kappa shape index (κ3) is 2.47. The van der Waals surface area contributed by atoms with Gasteiger partial charge in [0.15, 0.2) is 0 Å². The average molecular weight is 329 g/mol. The van der Waals surface area contributed by atoms with Crippen molar-refractivity contribution in [2.24, 2.45) is 5.10 Å². The SMILES string of the molecule is Cc1c(C(=C2C=NN(C)C2=O)N(C)C)ccc2c1C(C)(C)CS2. The first-order chi connectivity index (χ1) is 10.7. The summed E-state index contributed by atoms with van der Waals surface area (Å²) in [4.78, 5) is 15.8. The summed E-state index contributed by atoms with van der Waals surface area (Å²) in [5.41, 5.74) is 5.56. The molecular formula is C18H23N3OS. The molecule has 2 aliphatic rings. The van der Waals surface area contributed by atoms with E-state index in [1.807, 2.05) is 30.8 Å². The van der Waals surface area contributed by atoms with Gasteiger partial charge in [-0.2, -0.15) is 5.10 Å². The summed E-state index contributed by atoms with van der Waals surface area (Å²) in [5.74, 6) is 1.05. The largest absolute Gasteiger partial charge is 0.376 e. The van der Waals surface area contributed by atoms with E-state index in [-0.39, 0.29) is 11.3 Å². The highest BCUT2D eigenvalue weighted by atomic mass is 32.2. The van der Waals surface area contributed by atoms with Crippen molar-refractivity contribution in [1.29, 1.82) is 0 Å². The first-order valence-electron chi connectivity index (χ1n) is 7.75. The van der Waals surface area contributed by atoms with Crippen LogP contribution >= 0.6 is 11.8 Å². The van der Waals surface area contributed by atoms with Crippen LogP contribution in [0.3, 0.4) is 0 Å². The fourth-order valence-corrected chi connectivity index (χ4v) is 4.85. The van der Waals surface area contributed by atoms with Crippen molar-refractivity contribution in [2.45, 2.75) is 31.1 Å². The summed E-state index contributed by atoms with van der Waals surface area (Å²) in [6.45, 7) is 6.76. The molecule has 3 rings (SSSR count). The number of rotatable bonds is 2. The second-order valence-corrected chi connectivity index (χ2v) is 8.03. The van der Waals surface area contributed by atoms with E-state index in [0.29, 0.717) is 5.57 Å². The monoisotopic (exact) mass is 329 g/mol. The van der Waals surface area contributed by atoms with Gasteiger partial charge in [-0.1, -0.05) is 19.9 Å². The predicted octanol–water partition coefficient (Wildman–Crippen LogP) is 3.11. The fourth-order valence-electron chi connectivity index (χ4n) is 3.45. The van der Waals surface area contributed by atoms with Gasteiger partial charge in [0.2, 0.25) is 0 Å². The summed E-state index contributed by atoms with van der Waals surface area (Å²) in [7, 11) is 5.65. The minimum Gasteiger partial charge on any atom is -0.376 e. The zero-order valence-corrected chi connectivity index (χ0v) is 15.4. The Balaban J connectivity index is 2.24. The van der Waals surface area contributed by atoms with E-state index in [2.05, 4.69) is 38.0 Å². The zero-order chi connectivity index (χ0) is 16.9. The minimum atomic E-state index is -0.0535. The molecule has 122 valence electrons. The minimum absolute atomic E-state index is 0.0535. The molecule has 0 N–H and O–H groups in total. The van der Waals surface area contributed by atoms with Gasteiger partial charge in [0.25, 0.3) is 5.91 Å². The standard InChI is InChI=1S/C18H23N3OS/c1-11-12(7-8-14-15(11)18(2,3)10-23-14)16(20(4)5)13-9-19-21(6)17(13)22/h7-9H,10H2,1-6H3. The number of carbonyl (C=O) groups is 1. The maximum Gasteiger partial charge on any atom is 0.277 e. The molecule has 0 saturated carbocycles. The van der Waals surface area contributed by atoms with Gasteiger partial charge in [-0.05, 0) is 24.1 Å². The van der Waals surface area contributed by atoms with Gasteiger partial charge in [-0.25, -0.2) is 5.01 Å². The Morgan fingerprint density at radius 1 is 1.35 bits per heavy atom. The number of fused-ring (bicyclic) bond motifs is 1. The van der Waals surface area contributed by atoms with Crippen LogP contribution in [-0.4, -0.2) is 48.9 Å². The third-order valence-electron chi connectivity index (χ3n) is 4.53. The molecule has 0 unspecified atom stereocenters. The van der Waals surface area contributed by atoms with Crippen LogP contribution in [0.25, 0.3) is 5.70 Å². The van der Waals surface area contributed by atoms with Crippen molar-refractivity contribution in [3.63, 3.8) is 0 Å². The first kappa shape index (κ1) is 16.1. The van der Waals surface area contributed by atoms with Crippen LogP contribution in [0.1, 0.15) is 30.5 Å². The Kier molecular flexibility index (Phi) is 3.79. The quantitative estimate of drug-likeness (QED) is 0.782. The molecule has 0 atom stereocenters. The molecule has 23 heavy (non-hydrogen) atoms. The van der Waals surface area contributed by atoms with Crippen LogP contribution in [0, 0.1) is 6.92 Å². The van der Waals surface area contributed by atoms with Crippen LogP contribution in [0.4, 0.5) is 0 Å². The van der Waals surface area contributed by atoms with Crippen molar-refractivity contribution in [2.75, 3.05) is 26.9 Å². The van der Waals surface area contributed by atoms with Gasteiger partial charge in [0.05, 0.1) is 17.5 Å². The maximum absolute atomic E-state index is 12.4. The van der Waals surface area contributed by atoms with Gasteiger partial charge in [0, 0.05) is 42.8 Å². The van der Waals surface area contributed by atoms with Crippen LogP contribution in [0.15, 0.2) is 27.7 Å². The summed E-state index contributed by atoms with van der Waals surface area (Å²) in [6, 6.07) is 4.34. The van der Waals surface area contributed by atoms with Gasteiger partial charge in [-0.3, -0.25) is 4.79 Å². The van der Waals surface area contributed by atoms with E-state index in [9.17, 15) is 4.79 Å². The highest BCUT2D eigenvalue weighted by Crippen LogP contribution is 2.47. The lowest BCUT2D eigenvalue weighted by atomic mass is 9.82. The maximum atomic E-state index is 12.4. The van der Waals surface area contributed by atoms with E-state index in [0.717, 1.165) is 17.0 Å². The molecule has 0 aromatic heterocycles. The lowest BCUT2D eigenvalue weighted by Gasteiger charge is -2.26. The van der Waals surface area contributed by atoms with E-state index < -0.39 is 0 Å². The molecule has 2 heterocycles. The highest BCUT2D eigenvalue weighted by molar-refractivity contribution is 7.99. The van der Waals surface area contributed by atoms with Gasteiger partial charge < -0.3 is 4.90 Å². The number of nitrogens with zero attached hydrogens (tertiary/aromatic N) is 3. The van der Waals surface area contributed by atoms with Crippen molar-refractivity contribution in [3.05, 3.63) is 34.4 Å². The first-order valence-corrected chi connectivity index (χ1v) is 8.73. The Morgan fingerprint density at radius 2 is 2.04 bits per heavy atom. The Bertz CT molecular complexity index is 747. The molecule has 0 spiro atoms. The molecule has 5 heteroatoms. The Morgan fingerprint density at radius 3 is 2.61 bits per heavy atom. The Labute approximate surface area is 142 Å². The molecular weight excluding hydrogens is 306 g/mol. The lowest BCUT2D eigenvalue weighted by molar-refractivity contribution is -0.124. The third-order valence-corrected chi connectivity index (χ3v) is 6.05. The van der Waals surface area contributed by atoms with Crippen molar-refractivity contribution in [3.8, 4) is 0 Å². The van der Waals surface area contributed by atoms with E-state index in [1.54, 1.807) is 13.3 Å². The number of hydrogen-bond acceptors (Lipinski definition) is 4. The molecule has 0 fully saturated rings. The topological polar surface area (TPSA) is 35.9 Å². The van der Waals surface area contributed by atoms with Crippen LogP contribution < -0.4 is 0 Å². The predicted molar refractivity (Wildman–Crippen MR) is 96.8 cm³/mol. The lowest BCUT2D eigenvalue weighted by Crippen LogP contribution is -2.23. The fraction of sp³-hybridized carbons (Fsp3) is 0.444. The van der Waals surface area contributed by atoms with E-state index >= 15 is 0 Å². The molecule has 1 amide bonds. The number of thioether (sulfide) groups is 1. The molecule has 0 radical (unpaired) electrons. The number of hydrogen-bond donors (Lipinski definition) is 0. The number of benzene rings is 1. The van der Waals surface area contributed by atoms with Crippen LogP contribution in [0.5, 0.6) is 0 Å². The number of carbonyl (C=O) groups excluding carboxylic acids is 1. The molecule has 2 aliphatic heterocycles. The molecule has 0 aliphatic carbocycles. The van der Waals surface area contributed by atoms with Gasteiger partial charge >= 0.3 is 0 Å².